The van der Waals surface area contributed by atoms with Gasteiger partial charge in [0, 0.05) is 23.1 Å². The number of aryl methyl sites for hydroxylation is 1. The van der Waals surface area contributed by atoms with Crippen LogP contribution in [-0.4, -0.2) is 29.4 Å². The standard InChI is InChI=1S/C23H22N2O2/c1-4-7-21(26)25-13-12-18-17-8-5-6-9-19(17)24-22(18)23(25)16-10-11-20(27-3)15(2)14-16/h5-6,8-11,14,23-24H,12-13H2,1-3H3. The average Bonchev–Trinajstić information content (AvgIpc) is 3.06. The van der Waals surface area contributed by atoms with Crippen LogP contribution in [0, 0.1) is 18.8 Å². The Morgan fingerprint density at radius 1 is 1.26 bits per heavy atom. The first-order chi connectivity index (χ1) is 13.1. The number of hydrogen-bond donors (Lipinski definition) is 1. The smallest absolute Gasteiger partial charge is 0.299 e. The lowest BCUT2D eigenvalue weighted by atomic mass is 9.91. The van der Waals surface area contributed by atoms with Gasteiger partial charge in [-0.2, -0.15) is 0 Å². The van der Waals surface area contributed by atoms with Crippen LogP contribution in [0.25, 0.3) is 10.9 Å². The summed E-state index contributed by atoms with van der Waals surface area (Å²) < 4.78 is 5.41. The number of hydrogen-bond acceptors (Lipinski definition) is 2. The number of carbonyl (C=O) groups is 1. The molecule has 136 valence electrons. The summed E-state index contributed by atoms with van der Waals surface area (Å²) in [5, 5.41) is 1.23. The fourth-order valence-electron chi connectivity index (χ4n) is 4.06. The zero-order valence-electron chi connectivity index (χ0n) is 15.8. The van der Waals surface area contributed by atoms with Gasteiger partial charge in [-0.3, -0.25) is 4.79 Å². The molecule has 2 aromatic carbocycles. The summed E-state index contributed by atoms with van der Waals surface area (Å²) in [7, 11) is 1.67. The Bertz CT molecular complexity index is 1080. The van der Waals surface area contributed by atoms with Gasteiger partial charge in [0.15, 0.2) is 0 Å². The molecule has 1 amide bonds. The molecule has 1 unspecified atom stereocenters. The number of aromatic amines is 1. The number of carbonyl (C=O) groups excluding carboxylic acids is 1. The quantitative estimate of drug-likeness (QED) is 0.704. The van der Waals surface area contributed by atoms with Crippen LogP contribution in [0.4, 0.5) is 0 Å². The van der Waals surface area contributed by atoms with Crippen molar-refractivity contribution in [3.8, 4) is 17.6 Å². The van der Waals surface area contributed by atoms with Gasteiger partial charge in [-0.1, -0.05) is 30.2 Å². The van der Waals surface area contributed by atoms with Gasteiger partial charge in [0.1, 0.15) is 5.75 Å². The van der Waals surface area contributed by atoms with Crippen LogP contribution in [0.2, 0.25) is 0 Å². The Kier molecular flexibility index (Phi) is 4.37. The van der Waals surface area contributed by atoms with E-state index in [-0.39, 0.29) is 11.9 Å². The number of nitrogens with zero attached hydrogens (tertiary/aromatic N) is 1. The van der Waals surface area contributed by atoms with Crippen LogP contribution < -0.4 is 4.74 Å². The number of aromatic nitrogens is 1. The van der Waals surface area contributed by atoms with Gasteiger partial charge in [0.25, 0.3) is 5.91 Å². The van der Waals surface area contributed by atoms with Gasteiger partial charge in [0.2, 0.25) is 0 Å². The molecular formula is C23H22N2O2. The number of fused-ring (bicyclic) bond motifs is 3. The van der Waals surface area contributed by atoms with Crippen molar-refractivity contribution in [3.63, 3.8) is 0 Å². The summed E-state index contributed by atoms with van der Waals surface area (Å²) in [6.07, 6.45) is 0.822. The van der Waals surface area contributed by atoms with Gasteiger partial charge in [-0.05, 0) is 61.1 Å². The Balaban J connectivity index is 1.91. The number of rotatable bonds is 2. The minimum atomic E-state index is -0.181. The molecule has 0 fully saturated rings. The van der Waals surface area contributed by atoms with E-state index in [1.165, 1.54) is 10.9 Å². The molecule has 27 heavy (non-hydrogen) atoms. The van der Waals surface area contributed by atoms with Crippen LogP contribution in [0.15, 0.2) is 42.5 Å². The minimum Gasteiger partial charge on any atom is -0.496 e. The molecule has 2 heterocycles. The first-order valence-corrected chi connectivity index (χ1v) is 9.11. The predicted molar refractivity (Wildman–Crippen MR) is 107 cm³/mol. The van der Waals surface area contributed by atoms with E-state index >= 15 is 0 Å². The summed E-state index contributed by atoms with van der Waals surface area (Å²) in [6, 6.07) is 14.2. The Hall–Kier alpha value is -3.19. The second-order valence-corrected chi connectivity index (χ2v) is 6.82. The van der Waals surface area contributed by atoms with E-state index in [1.54, 1.807) is 14.0 Å². The van der Waals surface area contributed by atoms with Crippen molar-refractivity contribution in [3.05, 3.63) is 64.8 Å². The molecule has 4 nitrogen and oxygen atoms in total. The summed E-state index contributed by atoms with van der Waals surface area (Å²) in [6.45, 7) is 4.37. The van der Waals surface area contributed by atoms with Crippen LogP contribution in [0.1, 0.15) is 35.3 Å². The van der Waals surface area contributed by atoms with Crippen LogP contribution in [0.3, 0.4) is 0 Å². The molecule has 0 aliphatic carbocycles. The highest BCUT2D eigenvalue weighted by Crippen LogP contribution is 2.39. The number of ether oxygens (including phenoxy) is 1. The molecule has 1 aliphatic rings. The maximum absolute atomic E-state index is 12.7. The lowest BCUT2D eigenvalue weighted by Crippen LogP contribution is -2.40. The number of methoxy groups -OCH3 is 1. The van der Waals surface area contributed by atoms with E-state index in [0.29, 0.717) is 6.54 Å². The van der Waals surface area contributed by atoms with E-state index in [2.05, 4.69) is 41.1 Å². The summed E-state index contributed by atoms with van der Waals surface area (Å²) in [5.74, 6) is 6.17. The lowest BCUT2D eigenvalue weighted by Gasteiger charge is -2.35. The molecule has 0 spiro atoms. The van der Waals surface area contributed by atoms with Crippen LogP contribution >= 0.6 is 0 Å². The van der Waals surface area contributed by atoms with Crippen molar-refractivity contribution in [2.75, 3.05) is 13.7 Å². The maximum atomic E-state index is 12.7. The first-order valence-electron chi connectivity index (χ1n) is 9.11. The van der Waals surface area contributed by atoms with E-state index in [9.17, 15) is 4.79 Å². The third kappa shape index (κ3) is 2.86. The summed E-state index contributed by atoms with van der Waals surface area (Å²) >= 11 is 0. The molecule has 1 aromatic heterocycles. The van der Waals surface area contributed by atoms with Crippen molar-refractivity contribution in [2.45, 2.75) is 26.3 Å². The highest BCUT2D eigenvalue weighted by molar-refractivity contribution is 5.95. The molecule has 3 aromatic rings. The molecule has 1 N–H and O–H groups in total. The number of benzene rings is 2. The summed E-state index contributed by atoms with van der Waals surface area (Å²) in [4.78, 5) is 18.2. The van der Waals surface area contributed by atoms with Crippen molar-refractivity contribution in [1.82, 2.24) is 9.88 Å². The van der Waals surface area contributed by atoms with Gasteiger partial charge in [-0.25, -0.2) is 0 Å². The van der Waals surface area contributed by atoms with E-state index in [4.69, 9.17) is 4.74 Å². The zero-order chi connectivity index (χ0) is 19.0. The van der Waals surface area contributed by atoms with Crippen molar-refractivity contribution in [1.29, 1.82) is 0 Å². The Labute approximate surface area is 159 Å². The molecule has 0 saturated carbocycles. The SMILES string of the molecule is CC#CC(=O)N1CCc2c([nH]c3ccccc23)C1c1ccc(OC)c(C)c1. The van der Waals surface area contributed by atoms with Gasteiger partial charge >= 0.3 is 0 Å². The largest absolute Gasteiger partial charge is 0.496 e. The van der Waals surface area contributed by atoms with E-state index in [0.717, 1.165) is 34.5 Å². The van der Waals surface area contributed by atoms with Gasteiger partial charge in [0.05, 0.1) is 13.2 Å². The number of amides is 1. The normalized spacial score (nSPS) is 15.8. The number of H-pyrrole nitrogens is 1. The lowest BCUT2D eigenvalue weighted by molar-refractivity contribution is -0.127. The zero-order valence-corrected chi connectivity index (χ0v) is 15.8. The van der Waals surface area contributed by atoms with Crippen LogP contribution in [-0.2, 0) is 11.2 Å². The Morgan fingerprint density at radius 2 is 2.07 bits per heavy atom. The van der Waals surface area contributed by atoms with Crippen LogP contribution in [0.5, 0.6) is 5.75 Å². The fraction of sp³-hybridized carbons (Fsp3) is 0.261. The Morgan fingerprint density at radius 3 is 2.81 bits per heavy atom. The second kappa shape index (κ2) is 6.85. The summed E-state index contributed by atoms with van der Waals surface area (Å²) in [5.41, 5.74) is 5.59. The monoisotopic (exact) mass is 358 g/mol. The third-order valence-electron chi connectivity index (χ3n) is 5.26. The molecule has 4 rings (SSSR count). The maximum Gasteiger partial charge on any atom is 0.299 e. The van der Waals surface area contributed by atoms with Crippen molar-refractivity contribution >= 4 is 16.8 Å². The molecule has 0 bridgehead atoms. The van der Waals surface area contributed by atoms with Gasteiger partial charge < -0.3 is 14.6 Å². The fourth-order valence-corrected chi connectivity index (χ4v) is 4.06. The topological polar surface area (TPSA) is 45.3 Å². The molecule has 1 aliphatic heterocycles. The molecule has 1 atom stereocenters. The third-order valence-corrected chi connectivity index (χ3v) is 5.26. The predicted octanol–water partition coefficient (Wildman–Crippen LogP) is 3.98. The van der Waals surface area contributed by atoms with Crippen molar-refractivity contribution in [2.24, 2.45) is 0 Å². The van der Waals surface area contributed by atoms with Crippen molar-refractivity contribution < 1.29 is 9.53 Å². The number of nitrogens with one attached hydrogen (secondary N) is 1. The molecule has 4 heteroatoms. The highest BCUT2D eigenvalue weighted by atomic mass is 16.5. The van der Waals surface area contributed by atoms with E-state index < -0.39 is 0 Å². The molecular weight excluding hydrogens is 336 g/mol. The molecule has 0 saturated heterocycles. The van der Waals surface area contributed by atoms with Gasteiger partial charge in [-0.15, -0.1) is 0 Å². The number of para-hydroxylation sites is 1. The highest BCUT2D eigenvalue weighted by Gasteiger charge is 2.34. The first kappa shape index (κ1) is 17.2. The molecule has 0 radical (unpaired) electrons. The average molecular weight is 358 g/mol. The second-order valence-electron chi connectivity index (χ2n) is 6.82. The van der Waals surface area contributed by atoms with E-state index in [1.807, 2.05) is 30.0 Å². The minimum absolute atomic E-state index is 0.139.